The monoisotopic (exact) mass is 288 g/mol. The molecular weight excluding hydrogens is 280 g/mol. The average molecular weight is 288 g/mol. The standard InChI is InChI=1S/C12H8N4O5/c1-14-8-4-2-7(3-5-8)12(18)20-6-9-10(11(13)17)16(19)21-15-9/h2-5H,6H2,(H2,13,17). The van der Waals surface area contributed by atoms with E-state index in [-0.39, 0.29) is 16.2 Å². The smallest absolute Gasteiger partial charge is 0.338 e. The zero-order chi connectivity index (χ0) is 15.4. The first-order chi connectivity index (χ1) is 10.0. The molecule has 1 amide bonds. The summed E-state index contributed by atoms with van der Waals surface area (Å²) in [5.41, 5.74) is 4.87. The second-order valence-corrected chi connectivity index (χ2v) is 3.82. The van der Waals surface area contributed by atoms with Crippen LogP contribution in [-0.2, 0) is 11.3 Å². The van der Waals surface area contributed by atoms with Gasteiger partial charge in [-0.15, -0.1) is 0 Å². The van der Waals surface area contributed by atoms with E-state index in [1.165, 1.54) is 24.3 Å². The highest BCUT2D eigenvalue weighted by Gasteiger charge is 2.25. The Bertz CT molecular complexity index is 729. The number of amides is 1. The van der Waals surface area contributed by atoms with E-state index in [0.29, 0.717) is 5.69 Å². The Labute approximate surface area is 117 Å². The van der Waals surface area contributed by atoms with Crippen LogP contribution >= 0.6 is 0 Å². The van der Waals surface area contributed by atoms with Crippen LogP contribution < -0.4 is 10.6 Å². The fourth-order valence-corrected chi connectivity index (χ4v) is 1.49. The van der Waals surface area contributed by atoms with Crippen molar-refractivity contribution in [2.45, 2.75) is 6.61 Å². The van der Waals surface area contributed by atoms with Gasteiger partial charge in [-0.3, -0.25) is 9.42 Å². The van der Waals surface area contributed by atoms with Gasteiger partial charge in [0.1, 0.15) is 0 Å². The lowest BCUT2D eigenvalue weighted by molar-refractivity contribution is -0.803. The third kappa shape index (κ3) is 2.95. The van der Waals surface area contributed by atoms with Gasteiger partial charge in [-0.05, 0) is 4.90 Å². The summed E-state index contributed by atoms with van der Waals surface area (Å²) < 4.78 is 9.10. The highest BCUT2D eigenvalue weighted by atomic mass is 16.8. The number of carbonyl (C=O) groups excluding carboxylic acids is 2. The number of hydrogen-bond donors (Lipinski definition) is 1. The minimum Gasteiger partial charge on any atom is -0.453 e. The van der Waals surface area contributed by atoms with Crippen molar-refractivity contribution in [3.05, 3.63) is 57.8 Å². The molecule has 106 valence electrons. The molecule has 0 fully saturated rings. The third-order valence-corrected chi connectivity index (χ3v) is 2.49. The van der Waals surface area contributed by atoms with E-state index in [2.05, 4.69) is 14.6 Å². The summed E-state index contributed by atoms with van der Waals surface area (Å²) in [4.78, 5) is 25.8. The molecule has 2 aromatic rings. The van der Waals surface area contributed by atoms with Gasteiger partial charge in [0.05, 0.1) is 12.1 Å². The van der Waals surface area contributed by atoms with Gasteiger partial charge in [-0.25, -0.2) is 9.64 Å². The van der Waals surface area contributed by atoms with Crippen molar-refractivity contribution in [2.24, 2.45) is 5.73 Å². The van der Waals surface area contributed by atoms with E-state index in [1.54, 1.807) is 0 Å². The lowest BCUT2D eigenvalue weighted by Gasteiger charge is -2.01. The van der Waals surface area contributed by atoms with Crippen molar-refractivity contribution in [3.63, 3.8) is 0 Å². The summed E-state index contributed by atoms with van der Waals surface area (Å²) >= 11 is 0. The summed E-state index contributed by atoms with van der Waals surface area (Å²) in [7, 11) is 0. The van der Waals surface area contributed by atoms with E-state index in [9.17, 15) is 14.8 Å². The van der Waals surface area contributed by atoms with Crippen LogP contribution in [0.4, 0.5) is 5.69 Å². The Morgan fingerprint density at radius 3 is 2.67 bits per heavy atom. The van der Waals surface area contributed by atoms with E-state index < -0.39 is 24.2 Å². The second-order valence-electron chi connectivity index (χ2n) is 3.82. The quantitative estimate of drug-likeness (QED) is 0.490. The Balaban J connectivity index is 2.07. The normalized spacial score (nSPS) is 9.86. The molecule has 0 aliphatic rings. The van der Waals surface area contributed by atoms with Crippen molar-refractivity contribution in [2.75, 3.05) is 0 Å². The average Bonchev–Trinajstić information content (AvgIpc) is 2.86. The molecule has 0 atom stereocenters. The minimum absolute atomic E-state index is 0.157. The van der Waals surface area contributed by atoms with Gasteiger partial charge in [0, 0.05) is 5.16 Å². The highest BCUT2D eigenvalue weighted by Crippen LogP contribution is 2.14. The maximum Gasteiger partial charge on any atom is 0.338 e. The van der Waals surface area contributed by atoms with Crippen molar-refractivity contribution in [1.29, 1.82) is 0 Å². The number of hydrogen-bond acceptors (Lipinski definition) is 6. The Morgan fingerprint density at radius 1 is 1.43 bits per heavy atom. The topological polar surface area (TPSA) is 127 Å². The highest BCUT2D eigenvalue weighted by molar-refractivity contribution is 5.91. The number of benzene rings is 1. The van der Waals surface area contributed by atoms with Gasteiger partial charge >= 0.3 is 5.97 Å². The summed E-state index contributed by atoms with van der Waals surface area (Å²) in [5.74, 6) is -1.75. The zero-order valence-corrected chi connectivity index (χ0v) is 10.5. The molecule has 9 heteroatoms. The van der Waals surface area contributed by atoms with Gasteiger partial charge < -0.3 is 15.7 Å². The van der Waals surface area contributed by atoms with Crippen LogP contribution in [0.15, 0.2) is 28.9 Å². The maximum absolute atomic E-state index is 11.7. The van der Waals surface area contributed by atoms with Crippen molar-refractivity contribution in [3.8, 4) is 0 Å². The summed E-state index contributed by atoms with van der Waals surface area (Å²) in [6.07, 6.45) is 0. The summed E-state index contributed by atoms with van der Waals surface area (Å²) in [5, 5.41) is 14.4. The van der Waals surface area contributed by atoms with Crippen LogP contribution in [0, 0.1) is 11.8 Å². The van der Waals surface area contributed by atoms with E-state index in [1.807, 2.05) is 0 Å². The number of primary amides is 1. The van der Waals surface area contributed by atoms with Crippen molar-refractivity contribution < 1.29 is 23.9 Å². The van der Waals surface area contributed by atoms with Crippen molar-refractivity contribution >= 4 is 17.6 Å². The van der Waals surface area contributed by atoms with E-state index >= 15 is 0 Å². The molecule has 2 rings (SSSR count). The number of nitrogens with zero attached hydrogens (tertiary/aromatic N) is 3. The fourth-order valence-electron chi connectivity index (χ4n) is 1.49. The number of nitrogens with two attached hydrogens (primary N) is 1. The lowest BCUT2D eigenvalue weighted by atomic mass is 10.2. The summed E-state index contributed by atoms with van der Waals surface area (Å²) in [6.45, 7) is 6.35. The SMILES string of the molecule is [C-]#[N+]c1ccc(C(=O)OCc2no[n+]([O-])c2C(N)=O)cc1. The van der Waals surface area contributed by atoms with Gasteiger partial charge in [0.2, 0.25) is 0 Å². The number of esters is 1. The van der Waals surface area contributed by atoms with Crippen LogP contribution in [0.5, 0.6) is 0 Å². The molecular formula is C12H8N4O5. The molecule has 1 heterocycles. The molecule has 9 nitrogen and oxygen atoms in total. The molecule has 2 N–H and O–H groups in total. The minimum atomic E-state index is -1.04. The van der Waals surface area contributed by atoms with Gasteiger partial charge in [0.15, 0.2) is 12.3 Å². The van der Waals surface area contributed by atoms with E-state index in [0.717, 1.165) is 0 Å². The number of carbonyl (C=O) groups is 2. The fraction of sp³-hybridized carbons (Fsp3) is 0.0833. The zero-order valence-electron chi connectivity index (χ0n) is 10.5. The Kier molecular flexibility index (Phi) is 3.80. The maximum atomic E-state index is 11.7. The number of rotatable bonds is 4. The van der Waals surface area contributed by atoms with Crippen LogP contribution in [-0.4, -0.2) is 17.0 Å². The number of aromatic nitrogens is 2. The number of ether oxygens (including phenoxy) is 1. The molecule has 1 aromatic carbocycles. The van der Waals surface area contributed by atoms with E-state index in [4.69, 9.17) is 17.0 Å². The molecule has 0 aliphatic heterocycles. The molecule has 0 aliphatic carbocycles. The summed E-state index contributed by atoms with van der Waals surface area (Å²) in [6, 6.07) is 5.75. The molecule has 0 saturated carbocycles. The predicted molar refractivity (Wildman–Crippen MR) is 65.8 cm³/mol. The van der Waals surface area contributed by atoms with Crippen LogP contribution in [0.3, 0.4) is 0 Å². The van der Waals surface area contributed by atoms with Crippen LogP contribution in [0.2, 0.25) is 0 Å². The van der Waals surface area contributed by atoms with Crippen LogP contribution in [0.25, 0.3) is 4.85 Å². The van der Waals surface area contributed by atoms with Crippen molar-refractivity contribution in [1.82, 2.24) is 5.16 Å². The first kappa shape index (κ1) is 14.0. The lowest BCUT2D eigenvalue weighted by Crippen LogP contribution is -2.35. The first-order valence-corrected chi connectivity index (χ1v) is 5.56. The molecule has 0 unspecified atom stereocenters. The third-order valence-electron chi connectivity index (χ3n) is 2.49. The molecule has 0 radical (unpaired) electrons. The second kappa shape index (κ2) is 5.70. The molecule has 0 bridgehead atoms. The molecule has 0 spiro atoms. The molecule has 1 aromatic heterocycles. The Morgan fingerprint density at radius 2 is 2.10 bits per heavy atom. The van der Waals surface area contributed by atoms with Gasteiger partial charge in [-0.2, -0.15) is 0 Å². The Hall–Kier alpha value is -3.41. The molecule has 21 heavy (non-hydrogen) atoms. The van der Waals surface area contributed by atoms with Gasteiger partial charge in [-0.1, -0.05) is 24.3 Å². The van der Waals surface area contributed by atoms with Crippen LogP contribution in [0.1, 0.15) is 26.5 Å². The first-order valence-electron chi connectivity index (χ1n) is 5.56. The largest absolute Gasteiger partial charge is 0.453 e. The predicted octanol–water partition coefficient (Wildman–Crippen LogP) is 0.315. The van der Waals surface area contributed by atoms with Gasteiger partial charge in [0.25, 0.3) is 17.3 Å². The molecule has 0 saturated heterocycles.